The van der Waals surface area contributed by atoms with Crippen molar-refractivity contribution in [2.75, 3.05) is 6.61 Å². The third-order valence-corrected chi connectivity index (χ3v) is 12.3. The molecule has 0 saturated heterocycles. The lowest BCUT2D eigenvalue weighted by atomic mass is 9.43. The summed E-state index contributed by atoms with van der Waals surface area (Å²) in [5.74, 6) is 1.73. The zero-order valence-electron chi connectivity index (χ0n) is 23.8. The molecular formula is C32H50O4. The molecule has 0 aromatic rings. The summed E-state index contributed by atoms with van der Waals surface area (Å²) in [6, 6.07) is 0. The van der Waals surface area contributed by atoms with Crippen LogP contribution >= 0.6 is 0 Å². The van der Waals surface area contributed by atoms with E-state index in [1.165, 1.54) is 50.5 Å². The Morgan fingerprint density at radius 1 is 1.11 bits per heavy atom. The zero-order valence-corrected chi connectivity index (χ0v) is 23.8. The molecule has 4 aliphatic carbocycles. The number of hydrogen-bond acceptors (Lipinski definition) is 3. The molecule has 202 valence electrons. The van der Waals surface area contributed by atoms with Gasteiger partial charge in [0.25, 0.3) is 0 Å². The van der Waals surface area contributed by atoms with Crippen molar-refractivity contribution < 1.29 is 19.4 Å². The number of esters is 1. The Kier molecular flexibility index (Phi) is 7.34. The summed E-state index contributed by atoms with van der Waals surface area (Å²) in [5.41, 5.74) is 3.06. The number of carboxylic acids is 1. The van der Waals surface area contributed by atoms with Gasteiger partial charge in [0.05, 0.1) is 6.61 Å². The first kappa shape index (κ1) is 27.5. The smallest absolute Gasteiger partial charge is 0.330 e. The summed E-state index contributed by atoms with van der Waals surface area (Å²) in [5, 5.41) is 9.20. The molecule has 0 aromatic carbocycles. The van der Waals surface area contributed by atoms with Gasteiger partial charge in [-0.25, -0.2) is 4.79 Å². The molecule has 0 aliphatic heterocycles. The quantitative estimate of drug-likeness (QED) is 0.188. The van der Waals surface area contributed by atoms with Crippen molar-refractivity contribution in [3.8, 4) is 0 Å². The van der Waals surface area contributed by atoms with Crippen LogP contribution in [0.15, 0.2) is 23.8 Å². The number of allylic oxidation sites excluding steroid dienone is 2. The highest BCUT2D eigenvalue weighted by Gasteiger charge is 2.80. The lowest BCUT2D eigenvalue weighted by Crippen LogP contribution is -2.54. The molecule has 0 amide bonds. The molecule has 4 nitrogen and oxygen atoms in total. The molecule has 8 atom stereocenters. The maximum absolute atomic E-state index is 12.4. The van der Waals surface area contributed by atoms with Crippen molar-refractivity contribution in [1.29, 1.82) is 0 Å². The van der Waals surface area contributed by atoms with E-state index in [0.717, 1.165) is 25.2 Å². The van der Waals surface area contributed by atoms with Gasteiger partial charge < -0.3 is 9.84 Å². The van der Waals surface area contributed by atoms with E-state index in [1.807, 2.05) is 13.0 Å². The minimum atomic E-state index is -0.804. The van der Waals surface area contributed by atoms with Crippen molar-refractivity contribution >= 4 is 11.9 Å². The summed E-state index contributed by atoms with van der Waals surface area (Å²) < 4.78 is 5.33. The number of fused-ring (bicyclic) bond motifs is 2. The van der Waals surface area contributed by atoms with Gasteiger partial charge in [0.2, 0.25) is 0 Å². The van der Waals surface area contributed by atoms with E-state index in [-0.39, 0.29) is 11.4 Å². The van der Waals surface area contributed by atoms with Gasteiger partial charge in [-0.2, -0.15) is 0 Å². The third-order valence-electron chi connectivity index (χ3n) is 12.3. The molecule has 0 bridgehead atoms. The van der Waals surface area contributed by atoms with Gasteiger partial charge in [-0.1, -0.05) is 39.0 Å². The highest BCUT2D eigenvalue weighted by molar-refractivity contribution is 5.85. The van der Waals surface area contributed by atoms with Crippen molar-refractivity contribution in [1.82, 2.24) is 0 Å². The number of ether oxygens (including phenoxy) is 1. The fourth-order valence-corrected chi connectivity index (χ4v) is 10.3. The molecule has 0 heterocycles. The van der Waals surface area contributed by atoms with Crippen molar-refractivity contribution in [3.63, 3.8) is 0 Å². The maximum Gasteiger partial charge on any atom is 0.330 e. The van der Waals surface area contributed by atoms with Crippen LogP contribution in [0.25, 0.3) is 0 Å². The monoisotopic (exact) mass is 498 g/mol. The van der Waals surface area contributed by atoms with Crippen LogP contribution in [0.5, 0.6) is 0 Å². The number of hydrogen-bond donors (Lipinski definition) is 1. The van der Waals surface area contributed by atoms with Gasteiger partial charge in [0.1, 0.15) is 0 Å². The van der Waals surface area contributed by atoms with Gasteiger partial charge in [-0.05, 0) is 130 Å². The average molecular weight is 499 g/mol. The summed E-state index contributed by atoms with van der Waals surface area (Å²) in [4.78, 5) is 23.6. The minimum Gasteiger partial charge on any atom is -0.478 e. The molecule has 4 rings (SSSR count). The summed E-state index contributed by atoms with van der Waals surface area (Å²) in [7, 11) is 0. The van der Waals surface area contributed by atoms with Crippen LogP contribution in [0.4, 0.5) is 0 Å². The summed E-state index contributed by atoms with van der Waals surface area (Å²) in [6.07, 6.45) is 14.3. The van der Waals surface area contributed by atoms with E-state index in [1.54, 1.807) is 6.92 Å². The highest BCUT2D eigenvalue weighted by atomic mass is 16.5. The molecule has 4 saturated carbocycles. The Labute approximate surface area is 219 Å². The Bertz CT molecular complexity index is 934. The first-order valence-corrected chi connectivity index (χ1v) is 14.6. The van der Waals surface area contributed by atoms with E-state index in [4.69, 9.17) is 4.74 Å². The van der Waals surface area contributed by atoms with Crippen LogP contribution in [-0.4, -0.2) is 23.7 Å². The van der Waals surface area contributed by atoms with Gasteiger partial charge in [0.15, 0.2) is 0 Å². The van der Waals surface area contributed by atoms with E-state index in [2.05, 4.69) is 34.3 Å². The van der Waals surface area contributed by atoms with Crippen LogP contribution in [0.2, 0.25) is 0 Å². The minimum absolute atomic E-state index is 0.0367. The number of carboxylic acid groups (broad SMARTS) is 1. The van der Waals surface area contributed by atoms with Crippen LogP contribution in [0.1, 0.15) is 112 Å². The number of carbonyl (C=O) groups excluding carboxylic acids is 1. The molecule has 0 radical (unpaired) electrons. The standard InChI is InChI=1S/C32H50O4/c1-8-36-27(33)15-17-31-20-32(31)19-18-29(6)25(22(4)10-9-11-23(5)28(34)35)14-16-30(29,7)26(32)13-12-24(31)21(2)3/h11,22,24-26H,2,8-10,12-20H2,1,3-7H3,(H,34,35). The van der Waals surface area contributed by atoms with Gasteiger partial charge in [-0.15, -0.1) is 0 Å². The van der Waals surface area contributed by atoms with E-state index in [0.29, 0.717) is 52.6 Å². The number of carbonyl (C=O) groups is 2. The van der Waals surface area contributed by atoms with Gasteiger partial charge in [-0.3, -0.25) is 4.79 Å². The number of rotatable bonds is 10. The Morgan fingerprint density at radius 3 is 2.47 bits per heavy atom. The lowest BCUT2D eigenvalue weighted by Gasteiger charge is -2.61. The van der Waals surface area contributed by atoms with Crippen LogP contribution in [0.3, 0.4) is 0 Å². The molecule has 4 aliphatic rings. The van der Waals surface area contributed by atoms with E-state index < -0.39 is 5.97 Å². The molecule has 1 spiro atoms. The predicted molar refractivity (Wildman–Crippen MR) is 144 cm³/mol. The fraction of sp³-hybridized carbons (Fsp3) is 0.812. The second kappa shape index (κ2) is 9.62. The Balaban J connectivity index is 1.55. The molecule has 4 fully saturated rings. The Hall–Kier alpha value is -1.58. The van der Waals surface area contributed by atoms with Crippen molar-refractivity contribution in [2.24, 2.45) is 45.3 Å². The molecule has 4 heteroatoms. The second-order valence-electron chi connectivity index (χ2n) is 13.5. The summed E-state index contributed by atoms with van der Waals surface area (Å²) >= 11 is 0. The van der Waals surface area contributed by atoms with E-state index in [9.17, 15) is 14.7 Å². The van der Waals surface area contributed by atoms with Crippen LogP contribution < -0.4 is 0 Å². The topological polar surface area (TPSA) is 63.6 Å². The molecule has 1 N–H and O–H groups in total. The Morgan fingerprint density at radius 2 is 1.83 bits per heavy atom. The first-order valence-electron chi connectivity index (χ1n) is 14.6. The van der Waals surface area contributed by atoms with Crippen molar-refractivity contribution in [2.45, 2.75) is 112 Å². The molecule has 0 aromatic heterocycles. The largest absolute Gasteiger partial charge is 0.478 e. The summed E-state index contributed by atoms with van der Waals surface area (Å²) in [6.45, 7) is 18.3. The SMILES string of the molecule is C=C(C)C1CCC2C3(C)CCC(C(C)CCC=C(C)C(=O)O)C3(C)CCC23CC13CCC(=O)OCC. The zero-order chi connectivity index (χ0) is 26.5. The van der Waals surface area contributed by atoms with Gasteiger partial charge in [0, 0.05) is 12.0 Å². The maximum atomic E-state index is 12.4. The van der Waals surface area contributed by atoms with E-state index >= 15 is 0 Å². The van der Waals surface area contributed by atoms with Gasteiger partial charge >= 0.3 is 11.9 Å². The third kappa shape index (κ3) is 4.00. The second-order valence-corrected chi connectivity index (χ2v) is 13.5. The predicted octanol–water partition coefficient (Wildman–Crippen LogP) is 7.97. The highest BCUT2D eigenvalue weighted by Crippen LogP contribution is 2.87. The van der Waals surface area contributed by atoms with Crippen molar-refractivity contribution in [3.05, 3.63) is 23.8 Å². The molecule has 8 unspecified atom stereocenters. The lowest BCUT2D eigenvalue weighted by molar-refractivity contribution is -0.145. The number of aliphatic carboxylic acids is 1. The molecular weight excluding hydrogens is 448 g/mol. The van der Waals surface area contributed by atoms with Crippen LogP contribution in [-0.2, 0) is 14.3 Å². The normalized spacial score (nSPS) is 42.1. The van der Waals surface area contributed by atoms with Crippen LogP contribution in [0, 0.1) is 45.3 Å². The molecule has 36 heavy (non-hydrogen) atoms. The fourth-order valence-electron chi connectivity index (χ4n) is 10.3. The average Bonchev–Trinajstić information content (AvgIpc) is 3.40. The first-order chi connectivity index (χ1) is 16.9.